The summed E-state index contributed by atoms with van der Waals surface area (Å²) in [6, 6.07) is 5.47. The summed E-state index contributed by atoms with van der Waals surface area (Å²) in [5.74, 6) is 1.06. The second kappa shape index (κ2) is 5.98. The minimum Gasteiger partial charge on any atom is -0.383 e. The molecule has 0 amide bonds. The molecule has 0 aliphatic rings. The van der Waals surface area contributed by atoms with Gasteiger partial charge in [0.1, 0.15) is 11.6 Å². The summed E-state index contributed by atoms with van der Waals surface area (Å²) in [6.07, 6.45) is 1.90. The lowest BCUT2D eigenvalue weighted by Crippen LogP contribution is -2.00. The fourth-order valence-corrected chi connectivity index (χ4v) is 2.59. The lowest BCUT2D eigenvalue weighted by Gasteiger charge is -2.11. The summed E-state index contributed by atoms with van der Waals surface area (Å²) in [6.45, 7) is 1.95. The average molecular weight is 360 g/mol. The van der Waals surface area contributed by atoms with Gasteiger partial charge in [0.15, 0.2) is 5.16 Å². The van der Waals surface area contributed by atoms with E-state index in [1.807, 2.05) is 25.3 Å². The normalized spacial score (nSPS) is 10.5. The summed E-state index contributed by atoms with van der Waals surface area (Å²) >= 11 is 11.0. The smallest absolute Gasteiger partial charge is 0.191 e. The molecule has 0 saturated heterocycles. The predicted molar refractivity (Wildman–Crippen MR) is 85.4 cm³/mol. The molecule has 0 spiro atoms. The number of hydrogen-bond acceptors (Lipinski definition) is 5. The molecule has 0 aliphatic carbocycles. The largest absolute Gasteiger partial charge is 0.383 e. The van der Waals surface area contributed by atoms with Gasteiger partial charge in [0, 0.05) is 15.6 Å². The second-order valence-electron chi connectivity index (χ2n) is 3.87. The van der Waals surface area contributed by atoms with E-state index in [4.69, 9.17) is 17.3 Å². The lowest BCUT2D eigenvalue weighted by molar-refractivity contribution is 0.984. The molecule has 0 atom stereocenters. The fourth-order valence-electron chi connectivity index (χ4n) is 1.48. The third kappa shape index (κ3) is 3.52. The van der Waals surface area contributed by atoms with E-state index in [1.165, 1.54) is 11.8 Å². The maximum Gasteiger partial charge on any atom is 0.191 e. The molecule has 2 rings (SSSR count). The molecular weight excluding hydrogens is 348 g/mol. The molecular formula is C12H12BrClN4S. The Morgan fingerprint density at radius 2 is 2.05 bits per heavy atom. The van der Waals surface area contributed by atoms with Crippen molar-refractivity contribution in [2.24, 2.45) is 0 Å². The SMILES string of the molecule is CSc1nc(N)cc(Nc2cc(Cl)c(C)cc2Br)n1. The molecule has 19 heavy (non-hydrogen) atoms. The first-order valence-corrected chi connectivity index (χ1v) is 7.80. The number of nitrogens with one attached hydrogen (secondary N) is 1. The van der Waals surface area contributed by atoms with Crippen molar-refractivity contribution in [3.8, 4) is 0 Å². The number of nitrogens with zero attached hydrogens (tertiary/aromatic N) is 2. The Morgan fingerprint density at radius 1 is 1.32 bits per heavy atom. The van der Waals surface area contributed by atoms with Gasteiger partial charge in [0.25, 0.3) is 0 Å². The van der Waals surface area contributed by atoms with E-state index in [-0.39, 0.29) is 0 Å². The topological polar surface area (TPSA) is 63.8 Å². The Hall–Kier alpha value is -0.980. The molecule has 2 aromatic rings. The monoisotopic (exact) mass is 358 g/mol. The summed E-state index contributed by atoms with van der Waals surface area (Å²) in [5.41, 5.74) is 7.58. The van der Waals surface area contributed by atoms with Gasteiger partial charge in [-0.25, -0.2) is 9.97 Å². The van der Waals surface area contributed by atoms with Crippen molar-refractivity contribution in [3.05, 3.63) is 33.3 Å². The van der Waals surface area contributed by atoms with Gasteiger partial charge in [-0.2, -0.15) is 0 Å². The Bertz CT molecular complexity index is 621. The molecule has 0 radical (unpaired) electrons. The average Bonchev–Trinajstić information content (AvgIpc) is 2.35. The first kappa shape index (κ1) is 14.4. The highest BCUT2D eigenvalue weighted by atomic mass is 79.9. The molecule has 3 N–H and O–H groups in total. The minimum absolute atomic E-state index is 0.427. The van der Waals surface area contributed by atoms with Gasteiger partial charge >= 0.3 is 0 Å². The van der Waals surface area contributed by atoms with E-state index in [2.05, 4.69) is 31.2 Å². The highest BCUT2D eigenvalue weighted by molar-refractivity contribution is 9.10. The van der Waals surface area contributed by atoms with Crippen molar-refractivity contribution in [2.75, 3.05) is 17.3 Å². The predicted octanol–water partition coefficient (Wildman–Crippen LogP) is 4.25. The van der Waals surface area contributed by atoms with Crippen LogP contribution in [-0.2, 0) is 0 Å². The van der Waals surface area contributed by atoms with Crippen LogP contribution in [0.5, 0.6) is 0 Å². The van der Waals surface area contributed by atoms with Gasteiger partial charge in [-0.05, 0) is 46.8 Å². The van der Waals surface area contributed by atoms with Gasteiger partial charge in [-0.3, -0.25) is 0 Å². The zero-order valence-electron chi connectivity index (χ0n) is 10.4. The number of rotatable bonds is 3. The Morgan fingerprint density at radius 3 is 2.74 bits per heavy atom. The van der Waals surface area contributed by atoms with Gasteiger partial charge in [-0.1, -0.05) is 23.4 Å². The van der Waals surface area contributed by atoms with E-state index in [9.17, 15) is 0 Å². The minimum atomic E-state index is 0.427. The first-order valence-electron chi connectivity index (χ1n) is 5.41. The molecule has 100 valence electrons. The number of thioether (sulfide) groups is 1. The van der Waals surface area contributed by atoms with Crippen molar-refractivity contribution >= 4 is 56.6 Å². The van der Waals surface area contributed by atoms with Crippen LogP contribution >= 0.6 is 39.3 Å². The molecule has 1 aromatic carbocycles. The van der Waals surface area contributed by atoms with Crippen LogP contribution in [0.25, 0.3) is 0 Å². The lowest BCUT2D eigenvalue weighted by atomic mass is 10.2. The summed E-state index contributed by atoms with van der Waals surface area (Å²) in [7, 11) is 0. The molecule has 0 saturated carbocycles. The Balaban J connectivity index is 2.36. The van der Waals surface area contributed by atoms with Crippen LogP contribution in [-0.4, -0.2) is 16.2 Å². The fraction of sp³-hybridized carbons (Fsp3) is 0.167. The van der Waals surface area contributed by atoms with E-state index in [0.717, 1.165) is 15.7 Å². The van der Waals surface area contributed by atoms with Crippen LogP contribution < -0.4 is 11.1 Å². The molecule has 0 fully saturated rings. The molecule has 0 unspecified atom stereocenters. The maximum absolute atomic E-state index is 6.12. The van der Waals surface area contributed by atoms with Crippen LogP contribution in [0, 0.1) is 6.92 Å². The Labute approximate surface area is 129 Å². The number of aromatic nitrogens is 2. The zero-order chi connectivity index (χ0) is 14.0. The second-order valence-corrected chi connectivity index (χ2v) is 5.91. The van der Waals surface area contributed by atoms with Crippen LogP contribution in [0.1, 0.15) is 5.56 Å². The standard InChI is InChI=1S/C12H12BrClN4S/c1-6-3-7(13)9(4-8(6)14)16-11-5-10(15)17-12(18-11)19-2/h3-5H,1-2H3,(H3,15,16,17,18). The quantitative estimate of drug-likeness (QED) is 0.633. The number of benzene rings is 1. The molecule has 1 aromatic heterocycles. The van der Waals surface area contributed by atoms with Crippen molar-refractivity contribution in [3.63, 3.8) is 0 Å². The van der Waals surface area contributed by atoms with E-state index >= 15 is 0 Å². The van der Waals surface area contributed by atoms with Gasteiger partial charge in [-0.15, -0.1) is 0 Å². The molecule has 4 nitrogen and oxygen atoms in total. The molecule has 7 heteroatoms. The maximum atomic E-state index is 6.12. The van der Waals surface area contributed by atoms with Gasteiger partial charge in [0.05, 0.1) is 5.69 Å². The molecule has 1 heterocycles. The third-order valence-electron chi connectivity index (χ3n) is 2.42. The molecule has 0 bridgehead atoms. The highest BCUT2D eigenvalue weighted by Crippen LogP contribution is 2.31. The summed E-state index contributed by atoms with van der Waals surface area (Å²) < 4.78 is 0.914. The van der Waals surface area contributed by atoms with Crippen molar-refractivity contribution in [1.29, 1.82) is 0 Å². The number of hydrogen-bond donors (Lipinski definition) is 2. The Kier molecular flexibility index (Phi) is 4.54. The number of halogens is 2. The van der Waals surface area contributed by atoms with E-state index in [0.29, 0.717) is 21.8 Å². The van der Waals surface area contributed by atoms with E-state index in [1.54, 1.807) is 6.07 Å². The number of nitrogens with two attached hydrogens (primary N) is 1. The zero-order valence-corrected chi connectivity index (χ0v) is 13.5. The van der Waals surface area contributed by atoms with Crippen molar-refractivity contribution in [1.82, 2.24) is 9.97 Å². The van der Waals surface area contributed by atoms with Crippen LogP contribution in [0.4, 0.5) is 17.3 Å². The van der Waals surface area contributed by atoms with Crippen LogP contribution in [0.15, 0.2) is 27.8 Å². The number of aryl methyl sites for hydroxylation is 1. The number of anilines is 3. The van der Waals surface area contributed by atoms with Crippen LogP contribution in [0.2, 0.25) is 5.02 Å². The number of nitrogen functional groups attached to an aromatic ring is 1. The van der Waals surface area contributed by atoms with Gasteiger partial charge in [0.2, 0.25) is 0 Å². The van der Waals surface area contributed by atoms with Crippen molar-refractivity contribution in [2.45, 2.75) is 12.1 Å². The third-order valence-corrected chi connectivity index (χ3v) is 4.03. The molecule has 0 aliphatic heterocycles. The van der Waals surface area contributed by atoms with Crippen LogP contribution in [0.3, 0.4) is 0 Å². The van der Waals surface area contributed by atoms with Gasteiger partial charge < -0.3 is 11.1 Å². The van der Waals surface area contributed by atoms with E-state index < -0.39 is 0 Å². The first-order chi connectivity index (χ1) is 8.99. The highest BCUT2D eigenvalue weighted by Gasteiger charge is 2.07. The summed E-state index contributed by atoms with van der Waals surface area (Å²) in [5, 5.41) is 4.49. The summed E-state index contributed by atoms with van der Waals surface area (Å²) in [4.78, 5) is 8.44. The van der Waals surface area contributed by atoms with Crippen molar-refractivity contribution < 1.29 is 0 Å².